The van der Waals surface area contributed by atoms with Gasteiger partial charge in [0.1, 0.15) is 5.58 Å². The molecule has 56 heavy (non-hydrogen) atoms. The fourth-order valence-corrected chi connectivity index (χ4v) is 7.04. The maximum absolute atomic E-state index is 13.8. The van der Waals surface area contributed by atoms with Crippen LogP contribution in [0.2, 0.25) is 0 Å². The van der Waals surface area contributed by atoms with E-state index in [1.54, 1.807) is 12.3 Å². The van der Waals surface area contributed by atoms with Gasteiger partial charge in [-0.2, -0.15) is 0 Å². The first kappa shape index (κ1) is 34.7. The van der Waals surface area contributed by atoms with Crippen LogP contribution in [0.5, 0.6) is 0 Å². The van der Waals surface area contributed by atoms with Crippen LogP contribution < -0.4 is 0 Å². The minimum Gasteiger partial charge on any atom is -0.501 e. The molecule has 0 aliphatic rings. The second-order valence-corrected chi connectivity index (χ2v) is 14.3. The third-order valence-electron chi connectivity index (χ3n) is 9.79. The van der Waals surface area contributed by atoms with E-state index in [1.165, 1.54) is 17.2 Å². The molecule has 0 atom stereocenters. The monoisotopic (exact) mass is 916 g/mol. The third kappa shape index (κ3) is 7.33. The summed E-state index contributed by atoms with van der Waals surface area (Å²) in [7, 11) is 0. The van der Waals surface area contributed by atoms with Crippen molar-refractivity contribution in [3.8, 4) is 39.5 Å². The van der Waals surface area contributed by atoms with Gasteiger partial charge in [-0.3, -0.25) is 9.37 Å². The standard InChI is InChI=1S/C36H30N3O.C13H11FN.Ir/c1-22(2)26-15-10-16-27(23(3)4)33(26)39-35(30-18-11-17-29-28-14-8-9-19-32(28)40-34(29)30)38-31-20-25(21-37-36(31)39)24-12-6-5-7-13-24;1-9-3-5-11(12(14)7-9)13-6-4-10(2)8-15-13;/h5-17,19-23H,1-4H3;3-4,6-8H,1-2H3;/q2*-1;/i;1D3;. The van der Waals surface area contributed by atoms with E-state index in [2.05, 4.69) is 110 Å². The van der Waals surface area contributed by atoms with E-state index >= 15 is 0 Å². The zero-order valence-electron chi connectivity index (χ0n) is 34.7. The number of aromatic nitrogens is 4. The molecule has 5 aromatic carbocycles. The molecule has 0 aliphatic carbocycles. The quantitative estimate of drug-likeness (QED) is 0.156. The number of hydrogen-bond donors (Lipinski definition) is 0. The number of benzene rings is 5. The normalized spacial score (nSPS) is 12.3. The summed E-state index contributed by atoms with van der Waals surface area (Å²) in [6.45, 7) is 8.54. The van der Waals surface area contributed by atoms with Crippen LogP contribution in [-0.4, -0.2) is 19.5 Å². The fraction of sp³-hybridized carbons (Fsp3) is 0.163. The number of fused-ring (bicyclic) bond motifs is 4. The van der Waals surface area contributed by atoms with E-state index in [4.69, 9.17) is 18.5 Å². The van der Waals surface area contributed by atoms with E-state index < -0.39 is 12.7 Å². The van der Waals surface area contributed by atoms with Gasteiger partial charge < -0.3 is 14.0 Å². The Balaban J connectivity index is 0.000000234. The SMILES string of the molecule is CC(C)c1cccc(C(C)C)c1-n1c(-c2[c-]ccc3c2oc2ccccc23)nc2cc(-c3ccccc3)cnc21.[2H]C([2H])([2H])c1c[c-]c(-c2ccc(C)cn2)c(F)c1.[Ir]. The zero-order chi connectivity index (χ0) is 40.7. The van der Waals surface area contributed by atoms with Gasteiger partial charge in [0.25, 0.3) is 0 Å². The summed E-state index contributed by atoms with van der Waals surface area (Å²) in [4.78, 5) is 14.4. The smallest absolute Gasteiger partial charge is 0.155 e. The predicted molar refractivity (Wildman–Crippen MR) is 222 cm³/mol. The van der Waals surface area contributed by atoms with E-state index in [0.717, 1.165) is 72.9 Å². The van der Waals surface area contributed by atoms with Gasteiger partial charge in [-0.05, 0) is 58.8 Å². The van der Waals surface area contributed by atoms with E-state index in [1.807, 2.05) is 49.5 Å². The number of furan rings is 1. The second-order valence-electron chi connectivity index (χ2n) is 14.3. The minimum absolute atomic E-state index is 0. The molecule has 0 unspecified atom stereocenters. The average Bonchev–Trinajstić information content (AvgIpc) is 3.79. The van der Waals surface area contributed by atoms with Crippen molar-refractivity contribution in [1.29, 1.82) is 0 Å². The summed E-state index contributed by atoms with van der Waals surface area (Å²) < 4.78 is 44.2. The summed E-state index contributed by atoms with van der Waals surface area (Å²) in [5, 5.41) is 2.15. The Morgan fingerprint density at radius 2 is 1.48 bits per heavy atom. The van der Waals surface area contributed by atoms with Crippen molar-refractivity contribution < 1.29 is 33.0 Å². The largest absolute Gasteiger partial charge is 0.501 e. The van der Waals surface area contributed by atoms with Crippen molar-refractivity contribution in [1.82, 2.24) is 19.5 Å². The first-order chi connectivity index (χ1) is 27.9. The maximum atomic E-state index is 13.8. The molecule has 1 radical (unpaired) electrons. The predicted octanol–water partition coefficient (Wildman–Crippen LogP) is 13.0. The minimum atomic E-state index is -2.32. The van der Waals surface area contributed by atoms with Gasteiger partial charge in [-0.15, -0.1) is 42.0 Å². The summed E-state index contributed by atoms with van der Waals surface area (Å²) >= 11 is 0. The molecule has 7 heteroatoms. The van der Waals surface area contributed by atoms with E-state index in [9.17, 15) is 4.39 Å². The molecule has 9 aromatic rings. The van der Waals surface area contributed by atoms with Crippen LogP contribution in [0.25, 0.3) is 72.6 Å². The fourth-order valence-electron chi connectivity index (χ4n) is 7.04. The van der Waals surface area contributed by atoms with Crippen LogP contribution in [0.4, 0.5) is 4.39 Å². The van der Waals surface area contributed by atoms with Crippen molar-refractivity contribution in [2.75, 3.05) is 0 Å². The molecule has 4 heterocycles. The summed E-state index contributed by atoms with van der Waals surface area (Å²) in [6.07, 6.45) is 3.58. The van der Waals surface area contributed by atoms with Gasteiger partial charge >= 0.3 is 0 Å². The second kappa shape index (κ2) is 16.2. The topological polar surface area (TPSA) is 56.7 Å². The Labute approximate surface area is 344 Å². The Hall–Kier alpha value is -5.75. The Morgan fingerprint density at radius 3 is 2.18 bits per heavy atom. The number of para-hydroxylation sites is 2. The first-order valence-corrected chi connectivity index (χ1v) is 18.4. The van der Waals surface area contributed by atoms with Crippen LogP contribution in [0.15, 0.2) is 132 Å². The molecular formula is C49H41FIrN4O-2. The van der Waals surface area contributed by atoms with Gasteiger partial charge in [0, 0.05) is 59.1 Å². The van der Waals surface area contributed by atoms with Gasteiger partial charge in [-0.25, -0.2) is 4.98 Å². The Morgan fingerprint density at radius 1 is 0.732 bits per heavy atom. The third-order valence-corrected chi connectivity index (χ3v) is 9.79. The molecule has 0 N–H and O–H groups in total. The summed E-state index contributed by atoms with van der Waals surface area (Å²) in [5.74, 6) is 0.787. The molecule has 0 fully saturated rings. The zero-order valence-corrected chi connectivity index (χ0v) is 34.1. The van der Waals surface area contributed by atoms with Crippen molar-refractivity contribution >= 4 is 33.1 Å². The van der Waals surface area contributed by atoms with Crippen LogP contribution in [0, 0.1) is 31.7 Å². The maximum Gasteiger partial charge on any atom is 0.155 e. The number of rotatable bonds is 6. The van der Waals surface area contributed by atoms with E-state index in [0.29, 0.717) is 17.5 Å². The van der Waals surface area contributed by atoms with Gasteiger partial charge in [-0.1, -0.05) is 130 Å². The number of pyridine rings is 2. The summed E-state index contributed by atoms with van der Waals surface area (Å²) in [6, 6.07) is 43.3. The molecule has 0 aliphatic heterocycles. The number of imidazole rings is 1. The van der Waals surface area contributed by atoms with E-state index in [-0.39, 0.29) is 31.2 Å². The summed E-state index contributed by atoms with van der Waals surface area (Å²) in [5.41, 5.74) is 11.5. The van der Waals surface area contributed by atoms with Crippen molar-refractivity contribution in [3.05, 3.63) is 168 Å². The van der Waals surface area contributed by atoms with Crippen molar-refractivity contribution in [2.24, 2.45) is 0 Å². The van der Waals surface area contributed by atoms with Crippen LogP contribution in [0.1, 0.15) is 65.9 Å². The molecule has 0 amide bonds. The number of nitrogens with zero attached hydrogens (tertiary/aromatic N) is 4. The van der Waals surface area contributed by atoms with Crippen molar-refractivity contribution in [2.45, 2.75) is 53.3 Å². The number of halogens is 1. The molecule has 9 rings (SSSR count). The molecule has 0 spiro atoms. The molecule has 5 nitrogen and oxygen atoms in total. The molecule has 0 saturated heterocycles. The first-order valence-electron chi connectivity index (χ1n) is 19.9. The Kier molecular flexibility index (Phi) is 10.0. The van der Waals surface area contributed by atoms with Gasteiger partial charge in [0.05, 0.1) is 16.9 Å². The van der Waals surface area contributed by atoms with Crippen LogP contribution in [0.3, 0.4) is 0 Å². The molecule has 0 bridgehead atoms. The van der Waals surface area contributed by atoms with Gasteiger partial charge in [0.15, 0.2) is 5.65 Å². The van der Waals surface area contributed by atoms with Crippen LogP contribution in [-0.2, 0) is 20.1 Å². The number of aryl methyl sites for hydroxylation is 2. The molecule has 4 aromatic heterocycles. The molecular weight excluding hydrogens is 872 g/mol. The Bertz CT molecular complexity index is 2890. The van der Waals surface area contributed by atoms with Crippen molar-refractivity contribution in [3.63, 3.8) is 0 Å². The van der Waals surface area contributed by atoms with Crippen LogP contribution >= 0.6 is 0 Å². The average molecular weight is 916 g/mol. The number of hydrogen-bond acceptors (Lipinski definition) is 4. The van der Waals surface area contributed by atoms with Gasteiger partial charge in [0.2, 0.25) is 0 Å². The molecule has 281 valence electrons. The molecule has 0 saturated carbocycles.